The number of ether oxygens (including phenoxy) is 1. The molecule has 4 heteroatoms. The van der Waals surface area contributed by atoms with Gasteiger partial charge in [0.25, 0.3) is 0 Å². The van der Waals surface area contributed by atoms with Gasteiger partial charge < -0.3 is 9.84 Å². The molecule has 0 radical (unpaired) electrons. The number of Topliss-reactive ketones (excluding diaryl/α,β-unsaturated/α-hetero) is 1. The van der Waals surface area contributed by atoms with Gasteiger partial charge in [-0.05, 0) is 6.92 Å². The van der Waals surface area contributed by atoms with Gasteiger partial charge in [-0.2, -0.15) is 0 Å². The monoisotopic (exact) mass is 146 g/mol. The number of esters is 1. The second kappa shape index (κ2) is 4.00. The number of hydrogen-bond donors (Lipinski definition) is 1. The van der Waals surface area contributed by atoms with E-state index in [1.165, 1.54) is 14.0 Å². The van der Waals surface area contributed by atoms with Gasteiger partial charge in [0, 0.05) is 0 Å². The fourth-order valence-electron chi connectivity index (χ4n) is 0.362. The predicted molar refractivity (Wildman–Crippen MR) is 33.3 cm³/mol. The summed E-state index contributed by atoms with van der Waals surface area (Å²) < 4.78 is 4.20. The first-order chi connectivity index (χ1) is 4.57. The quantitative estimate of drug-likeness (QED) is 0.430. The Balaban J connectivity index is 3.69. The predicted octanol–water partition coefficient (Wildman–Crippen LogP) is -0.501. The molecule has 0 aliphatic rings. The summed E-state index contributed by atoms with van der Waals surface area (Å²) in [5.74, 6) is -1.14. The lowest BCUT2D eigenvalue weighted by Crippen LogP contribution is -2.20. The van der Waals surface area contributed by atoms with Gasteiger partial charge in [-0.1, -0.05) is 0 Å². The third-order valence-corrected chi connectivity index (χ3v) is 1.01. The zero-order valence-corrected chi connectivity index (χ0v) is 5.96. The summed E-state index contributed by atoms with van der Waals surface area (Å²) in [5, 5.41) is 8.61. The fourth-order valence-corrected chi connectivity index (χ4v) is 0.362. The smallest absolute Gasteiger partial charge is 0.313 e. The lowest BCUT2D eigenvalue weighted by molar-refractivity contribution is -0.145. The minimum Gasteiger partial charge on any atom is -0.469 e. The molecule has 58 valence electrons. The van der Waals surface area contributed by atoms with Crippen LogP contribution in [0.3, 0.4) is 0 Å². The van der Waals surface area contributed by atoms with Crippen LogP contribution in [0.25, 0.3) is 0 Å². The number of methoxy groups -OCH3 is 1. The van der Waals surface area contributed by atoms with Crippen LogP contribution in [0.5, 0.6) is 0 Å². The third-order valence-electron chi connectivity index (χ3n) is 1.01. The topological polar surface area (TPSA) is 63.6 Å². The molecule has 1 atom stereocenters. The van der Waals surface area contributed by atoms with Crippen molar-refractivity contribution in [2.24, 2.45) is 0 Å². The maximum Gasteiger partial charge on any atom is 0.313 e. The number of ketones is 1. The lowest BCUT2D eigenvalue weighted by atomic mass is 10.2. The zero-order valence-electron chi connectivity index (χ0n) is 5.96. The summed E-state index contributed by atoms with van der Waals surface area (Å²) >= 11 is 0. The first kappa shape index (κ1) is 9.10. The Bertz CT molecular complexity index is 139. The normalized spacial score (nSPS) is 12.3. The molecule has 1 N–H and O–H groups in total. The van der Waals surface area contributed by atoms with E-state index >= 15 is 0 Å². The summed E-state index contributed by atoms with van der Waals surface area (Å²) in [6, 6.07) is 0. The SMILES string of the molecule is COC(=O)CC(=O)C(C)O. The van der Waals surface area contributed by atoms with E-state index in [0.29, 0.717) is 0 Å². The number of rotatable bonds is 3. The third kappa shape index (κ3) is 3.19. The van der Waals surface area contributed by atoms with E-state index in [4.69, 9.17) is 5.11 Å². The highest BCUT2D eigenvalue weighted by molar-refractivity contribution is 5.97. The van der Waals surface area contributed by atoms with Gasteiger partial charge in [-0.3, -0.25) is 9.59 Å². The van der Waals surface area contributed by atoms with Crippen molar-refractivity contribution < 1.29 is 19.4 Å². The van der Waals surface area contributed by atoms with Crippen molar-refractivity contribution in [1.29, 1.82) is 0 Å². The molecule has 0 saturated heterocycles. The van der Waals surface area contributed by atoms with Crippen LogP contribution in [0.1, 0.15) is 13.3 Å². The Hall–Kier alpha value is -0.900. The van der Waals surface area contributed by atoms with Crippen molar-refractivity contribution in [2.75, 3.05) is 7.11 Å². The molecule has 0 bridgehead atoms. The van der Waals surface area contributed by atoms with E-state index in [1.807, 2.05) is 0 Å². The van der Waals surface area contributed by atoms with E-state index in [1.54, 1.807) is 0 Å². The van der Waals surface area contributed by atoms with Crippen LogP contribution in [0.15, 0.2) is 0 Å². The van der Waals surface area contributed by atoms with Crippen LogP contribution in [-0.2, 0) is 14.3 Å². The van der Waals surface area contributed by atoms with Gasteiger partial charge in [0.2, 0.25) is 0 Å². The van der Waals surface area contributed by atoms with Gasteiger partial charge in [-0.25, -0.2) is 0 Å². The molecule has 0 saturated carbocycles. The van der Waals surface area contributed by atoms with Crippen molar-refractivity contribution in [3.05, 3.63) is 0 Å². The Morgan fingerprint density at radius 1 is 1.60 bits per heavy atom. The van der Waals surface area contributed by atoms with Crippen molar-refractivity contribution in [2.45, 2.75) is 19.4 Å². The molecule has 0 aliphatic heterocycles. The lowest BCUT2D eigenvalue weighted by Gasteiger charge is -2.00. The maximum absolute atomic E-state index is 10.6. The highest BCUT2D eigenvalue weighted by Crippen LogP contribution is 1.91. The highest BCUT2D eigenvalue weighted by Gasteiger charge is 2.13. The van der Waals surface area contributed by atoms with Crippen LogP contribution in [-0.4, -0.2) is 30.1 Å². The summed E-state index contributed by atoms with van der Waals surface area (Å²) in [5.41, 5.74) is 0. The van der Waals surface area contributed by atoms with Crippen LogP contribution in [0, 0.1) is 0 Å². The molecular formula is C6H10O4. The molecule has 0 aromatic heterocycles. The Morgan fingerprint density at radius 3 is 2.40 bits per heavy atom. The number of aliphatic hydroxyl groups is 1. The van der Waals surface area contributed by atoms with Crippen LogP contribution < -0.4 is 0 Å². The average molecular weight is 146 g/mol. The van der Waals surface area contributed by atoms with E-state index in [0.717, 1.165) is 0 Å². The molecule has 0 aliphatic carbocycles. The minimum absolute atomic E-state index is 0.353. The van der Waals surface area contributed by atoms with Gasteiger partial charge in [0.05, 0.1) is 7.11 Å². The standard InChI is InChI=1S/C6H10O4/c1-4(7)5(8)3-6(9)10-2/h4,7H,3H2,1-2H3. The van der Waals surface area contributed by atoms with Gasteiger partial charge in [0.15, 0.2) is 5.78 Å². The molecule has 0 fully saturated rings. The second-order valence-electron chi connectivity index (χ2n) is 1.90. The van der Waals surface area contributed by atoms with Crippen molar-refractivity contribution in [1.82, 2.24) is 0 Å². The van der Waals surface area contributed by atoms with Crippen LogP contribution in [0.2, 0.25) is 0 Å². The van der Waals surface area contributed by atoms with Gasteiger partial charge >= 0.3 is 5.97 Å². The molecule has 0 aromatic rings. The van der Waals surface area contributed by atoms with E-state index in [-0.39, 0.29) is 6.42 Å². The van der Waals surface area contributed by atoms with E-state index in [2.05, 4.69) is 4.74 Å². The molecule has 0 rings (SSSR count). The Labute approximate surface area is 58.8 Å². The molecule has 1 unspecified atom stereocenters. The highest BCUT2D eigenvalue weighted by atomic mass is 16.5. The van der Waals surface area contributed by atoms with Crippen LogP contribution in [0.4, 0.5) is 0 Å². The number of aliphatic hydroxyl groups excluding tert-OH is 1. The van der Waals surface area contributed by atoms with E-state index in [9.17, 15) is 9.59 Å². The number of carbonyl (C=O) groups is 2. The van der Waals surface area contributed by atoms with Gasteiger partial charge in [-0.15, -0.1) is 0 Å². The summed E-state index contributed by atoms with van der Waals surface area (Å²) in [6.45, 7) is 1.31. The van der Waals surface area contributed by atoms with Crippen LogP contribution >= 0.6 is 0 Å². The number of carbonyl (C=O) groups excluding carboxylic acids is 2. The molecule has 4 nitrogen and oxygen atoms in total. The molecule has 10 heavy (non-hydrogen) atoms. The first-order valence-corrected chi connectivity index (χ1v) is 2.85. The largest absolute Gasteiger partial charge is 0.469 e. The fraction of sp³-hybridized carbons (Fsp3) is 0.667. The average Bonchev–Trinajstić information content (AvgIpc) is 1.87. The summed E-state index contributed by atoms with van der Waals surface area (Å²) in [6.07, 6.45) is -1.44. The number of hydrogen-bond acceptors (Lipinski definition) is 4. The molecule has 0 aromatic carbocycles. The summed E-state index contributed by atoms with van der Waals surface area (Å²) in [7, 11) is 1.19. The Morgan fingerprint density at radius 2 is 2.10 bits per heavy atom. The second-order valence-corrected chi connectivity index (χ2v) is 1.90. The molecule has 0 spiro atoms. The Kier molecular flexibility index (Phi) is 3.64. The minimum atomic E-state index is -1.08. The van der Waals surface area contributed by atoms with Crippen molar-refractivity contribution in [3.8, 4) is 0 Å². The zero-order chi connectivity index (χ0) is 8.15. The van der Waals surface area contributed by atoms with Crippen molar-refractivity contribution in [3.63, 3.8) is 0 Å². The first-order valence-electron chi connectivity index (χ1n) is 2.85. The maximum atomic E-state index is 10.6. The van der Waals surface area contributed by atoms with Crippen molar-refractivity contribution >= 4 is 11.8 Å². The summed E-state index contributed by atoms with van der Waals surface area (Å²) in [4.78, 5) is 20.9. The molecule has 0 heterocycles. The molecular weight excluding hydrogens is 136 g/mol. The molecule has 0 amide bonds. The van der Waals surface area contributed by atoms with E-state index < -0.39 is 17.9 Å². The van der Waals surface area contributed by atoms with Gasteiger partial charge in [0.1, 0.15) is 12.5 Å².